The van der Waals surface area contributed by atoms with E-state index in [2.05, 4.69) is 0 Å². The molecule has 0 fully saturated rings. The first-order valence-electron chi connectivity index (χ1n) is 3.28. The molecule has 3 nitrogen and oxygen atoms in total. The molecule has 0 aliphatic heterocycles. The van der Waals surface area contributed by atoms with Gasteiger partial charge in [0.1, 0.15) is 6.29 Å². The van der Waals surface area contributed by atoms with Gasteiger partial charge in [-0.1, -0.05) is 6.92 Å². The second-order valence-electron chi connectivity index (χ2n) is 2.04. The van der Waals surface area contributed by atoms with E-state index in [-0.39, 0.29) is 6.42 Å². The fourth-order valence-electron chi connectivity index (χ4n) is 0.810. The molecule has 0 radical (unpaired) electrons. The summed E-state index contributed by atoms with van der Waals surface area (Å²) in [5.74, 6) is -0.693. The summed E-state index contributed by atoms with van der Waals surface area (Å²) >= 11 is 0. The monoisotopic (exact) mass is 146 g/mol. The first kappa shape index (κ1) is 9.59. The lowest BCUT2D eigenvalue weighted by atomic mass is 10.1. The van der Waals surface area contributed by atoms with Gasteiger partial charge in [-0.05, 0) is 6.42 Å². The maximum Gasteiger partial charge on any atom is 0.173 e. The summed E-state index contributed by atoms with van der Waals surface area (Å²) in [6.45, 7) is 1.91. The van der Waals surface area contributed by atoms with E-state index in [1.165, 1.54) is 14.2 Å². The quantitative estimate of drug-likeness (QED) is 0.428. The van der Waals surface area contributed by atoms with Crippen molar-refractivity contribution in [1.82, 2.24) is 0 Å². The smallest absolute Gasteiger partial charge is 0.173 e. The number of hydrogen-bond donors (Lipinski definition) is 0. The summed E-state index contributed by atoms with van der Waals surface area (Å²) in [7, 11) is 3.08. The van der Waals surface area contributed by atoms with Crippen molar-refractivity contribution in [3.63, 3.8) is 0 Å². The normalized spacial score (nSPS) is 11.5. The van der Waals surface area contributed by atoms with E-state index >= 15 is 0 Å². The van der Waals surface area contributed by atoms with Crippen LogP contribution in [-0.2, 0) is 14.3 Å². The van der Waals surface area contributed by atoms with E-state index in [1.54, 1.807) is 0 Å². The van der Waals surface area contributed by atoms with E-state index in [1.807, 2.05) is 6.92 Å². The molecule has 3 heteroatoms. The van der Waals surface area contributed by atoms with Crippen LogP contribution in [0.25, 0.3) is 0 Å². The molecule has 0 aromatic rings. The highest BCUT2D eigenvalue weighted by atomic mass is 16.7. The average molecular weight is 146 g/mol. The maximum atomic E-state index is 10.1. The predicted octanol–water partition coefficient (Wildman–Crippen LogP) is 0.974. The fourth-order valence-corrected chi connectivity index (χ4v) is 0.810. The lowest BCUT2D eigenvalue weighted by Gasteiger charge is -2.27. The van der Waals surface area contributed by atoms with Gasteiger partial charge in [-0.15, -0.1) is 0 Å². The van der Waals surface area contributed by atoms with E-state index in [0.717, 1.165) is 6.29 Å². The molecule has 0 aromatic heterocycles. The van der Waals surface area contributed by atoms with Gasteiger partial charge in [0.15, 0.2) is 5.79 Å². The first-order valence-corrected chi connectivity index (χ1v) is 3.28. The second-order valence-corrected chi connectivity index (χ2v) is 2.04. The molecule has 0 spiro atoms. The fraction of sp³-hybridized carbons (Fsp3) is 0.857. The van der Waals surface area contributed by atoms with Crippen molar-refractivity contribution in [2.24, 2.45) is 0 Å². The van der Waals surface area contributed by atoms with E-state index in [4.69, 9.17) is 9.47 Å². The summed E-state index contributed by atoms with van der Waals surface area (Å²) in [6, 6.07) is 0. The Bertz CT molecular complexity index is 88.8. The van der Waals surface area contributed by atoms with E-state index in [9.17, 15) is 4.79 Å². The molecule has 0 atom stereocenters. The number of hydrogen-bond acceptors (Lipinski definition) is 3. The van der Waals surface area contributed by atoms with Crippen molar-refractivity contribution in [2.75, 3.05) is 14.2 Å². The Morgan fingerprint density at radius 3 is 2.00 bits per heavy atom. The SMILES string of the molecule is CCC(CC=O)(OC)OC. The molecule has 0 heterocycles. The van der Waals surface area contributed by atoms with Crippen LogP contribution in [0.3, 0.4) is 0 Å². The zero-order chi connectivity index (χ0) is 8.04. The Labute approximate surface area is 61.3 Å². The predicted molar refractivity (Wildman–Crippen MR) is 37.7 cm³/mol. The number of ether oxygens (including phenoxy) is 2. The summed E-state index contributed by atoms with van der Waals surface area (Å²) in [4.78, 5) is 10.1. The summed E-state index contributed by atoms with van der Waals surface area (Å²) in [5, 5.41) is 0. The third-order valence-electron chi connectivity index (χ3n) is 1.68. The highest BCUT2D eigenvalue weighted by Crippen LogP contribution is 2.18. The Morgan fingerprint density at radius 1 is 1.40 bits per heavy atom. The van der Waals surface area contributed by atoms with Crippen LogP contribution < -0.4 is 0 Å². The summed E-state index contributed by atoms with van der Waals surface area (Å²) in [5.41, 5.74) is 0. The zero-order valence-corrected chi connectivity index (χ0v) is 6.72. The molecule has 0 aliphatic carbocycles. The molecular formula is C7H14O3. The van der Waals surface area contributed by atoms with Crippen LogP contribution in [0.2, 0.25) is 0 Å². The van der Waals surface area contributed by atoms with E-state index in [0.29, 0.717) is 6.42 Å². The van der Waals surface area contributed by atoms with Gasteiger partial charge in [0.2, 0.25) is 0 Å². The molecule has 10 heavy (non-hydrogen) atoms. The average Bonchev–Trinajstić information content (AvgIpc) is 2.01. The number of aldehydes is 1. The second kappa shape index (κ2) is 4.41. The molecule has 0 N–H and O–H groups in total. The highest BCUT2D eigenvalue weighted by Gasteiger charge is 2.25. The molecule has 0 unspecified atom stereocenters. The Morgan fingerprint density at radius 2 is 1.90 bits per heavy atom. The van der Waals surface area contributed by atoms with Crippen LogP contribution in [0.5, 0.6) is 0 Å². The van der Waals surface area contributed by atoms with Crippen molar-refractivity contribution in [3.8, 4) is 0 Å². The number of rotatable bonds is 5. The third-order valence-corrected chi connectivity index (χ3v) is 1.68. The molecule has 0 saturated heterocycles. The molecule has 0 saturated carbocycles. The van der Waals surface area contributed by atoms with Crippen LogP contribution in [-0.4, -0.2) is 26.3 Å². The van der Waals surface area contributed by atoms with E-state index < -0.39 is 5.79 Å². The van der Waals surface area contributed by atoms with Gasteiger partial charge in [-0.25, -0.2) is 0 Å². The number of methoxy groups -OCH3 is 2. The highest BCUT2D eigenvalue weighted by molar-refractivity contribution is 5.50. The molecular weight excluding hydrogens is 132 g/mol. The topological polar surface area (TPSA) is 35.5 Å². The largest absolute Gasteiger partial charge is 0.353 e. The van der Waals surface area contributed by atoms with Crippen molar-refractivity contribution in [2.45, 2.75) is 25.6 Å². The minimum atomic E-state index is -0.693. The van der Waals surface area contributed by atoms with Gasteiger partial charge in [-0.3, -0.25) is 0 Å². The standard InChI is InChI=1S/C7H14O3/c1-4-7(9-2,10-3)5-6-8/h6H,4-5H2,1-3H3. The lowest BCUT2D eigenvalue weighted by molar-refractivity contribution is -0.208. The first-order chi connectivity index (χ1) is 4.74. The van der Waals surface area contributed by atoms with Crippen LogP contribution in [0.15, 0.2) is 0 Å². The molecule has 0 aromatic carbocycles. The van der Waals surface area contributed by atoms with Crippen molar-refractivity contribution in [3.05, 3.63) is 0 Å². The van der Waals surface area contributed by atoms with Crippen molar-refractivity contribution >= 4 is 6.29 Å². The molecule has 0 aliphatic rings. The van der Waals surface area contributed by atoms with Crippen LogP contribution in [0.1, 0.15) is 19.8 Å². The zero-order valence-electron chi connectivity index (χ0n) is 6.72. The van der Waals surface area contributed by atoms with Gasteiger partial charge < -0.3 is 14.3 Å². The Kier molecular flexibility index (Phi) is 4.23. The van der Waals surface area contributed by atoms with Crippen LogP contribution in [0, 0.1) is 0 Å². The third kappa shape index (κ3) is 2.08. The minimum Gasteiger partial charge on any atom is -0.353 e. The summed E-state index contributed by atoms with van der Waals surface area (Å²) in [6.07, 6.45) is 1.77. The van der Waals surface area contributed by atoms with Crippen LogP contribution >= 0.6 is 0 Å². The van der Waals surface area contributed by atoms with Gasteiger partial charge in [0.25, 0.3) is 0 Å². The molecule has 0 bridgehead atoms. The van der Waals surface area contributed by atoms with Crippen LogP contribution in [0.4, 0.5) is 0 Å². The minimum absolute atomic E-state index is 0.288. The van der Waals surface area contributed by atoms with Crippen molar-refractivity contribution < 1.29 is 14.3 Å². The van der Waals surface area contributed by atoms with Gasteiger partial charge in [0, 0.05) is 14.2 Å². The van der Waals surface area contributed by atoms with Gasteiger partial charge >= 0.3 is 0 Å². The lowest BCUT2D eigenvalue weighted by Crippen LogP contribution is -2.33. The van der Waals surface area contributed by atoms with Gasteiger partial charge in [-0.2, -0.15) is 0 Å². The molecule has 60 valence electrons. The maximum absolute atomic E-state index is 10.1. The number of carbonyl (C=O) groups excluding carboxylic acids is 1. The van der Waals surface area contributed by atoms with Gasteiger partial charge in [0.05, 0.1) is 6.42 Å². The molecule has 0 amide bonds. The van der Waals surface area contributed by atoms with Crippen molar-refractivity contribution in [1.29, 1.82) is 0 Å². The Balaban J connectivity index is 4.00. The summed E-state index contributed by atoms with van der Waals surface area (Å²) < 4.78 is 10.0. The molecule has 0 rings (SSSR count). The number of carbonyl (C=O) groups is 1. The Hall–Kier alpha value is -0.410.